The Hall–Kier alpha value is -2.48. The van der Waals surface area contributed by atoms with Crippen molar-refractivity contribution >= 4 is 23.4 Å². The highest BCUT2D eigenvalue weighted by Gasteiger charge is 2.27. The van der Waals surface area contributed by atoms with Crippen LogP contribution in [0.15, 0.2) is 24.3 Å². The van der Waals surface area contributed by atoms with E-state index >= 15 is 0 Å². The number of aromatic nitrogens is 4. The molecule has 0 bridgehead atoms. The SMILES string of the molecule is CCC(C(=O)N(C)CC(=O)N(CC)CC)n1nnc(-c2ccc(Cl)cc2)n1. The second-order valence-corrected chi connectivity index (χ2v) is 6.56. The van der Waals surface area contributed by atoms with Crippen LogP contribution in [0.25, 0.3) is 11.4 Å². The molecule has 0 aliphatic heterocycles. The molecule has 8 nitrogen and oxygen atoms in total. The molecule has 1 unspecified atom stereocenters. The summed E-state index contributed by atoms with van der Waals surface area (Å²) >= 11 is 5.90. The molecule has 1 aromatic heterocycles. The van der Waals surface area contributed by atoms with E-state index in [4.69, 9.17) is 11.6 Å². The van der Waals surface area contributed by atoms with E-state index in [0.717, 1.165) is 5.56 Å². The summed E-state index contributed by atoms with van der Waals surface area (Å²) < 4.78 is 0. The second kappa shape index (κ2) is 9.45. The van der Waals surface area contributed by atoms with E-state index in [9.17, 15) is 9.59 Å². The van der Waals surface area contributed by atoms with Crippen LogP contribution in [0.2, 0.25) is 5.02 Å². The average molecular weight is 393 g/mol. The Morgan fingerprint density at radius 3 is 2.33 bits per heavy atom. The first-order valence-corrected chi connectivity index (χ1v) is 9.37. The molecule has 2 amide bonds. The number of hydrogen-bond donors (Lipinski definition) is 0. The van der Waals surface area contributed by atoms with Gasteiger partial charge in [-0.15, -0.1) is 10.2 Å². The van der Waals surface area contributed by atoms with E-state index in [0.29, 0.717) is 30.4 Å². The Morgan fingerprint density at radius 1 is 1.15 bits per heavy atom. The van der Waals surface area contributed by atoms with Crippen LogP contribution >= 0.6 is 11.6 Å². The van der Waals surface area contributed by atoms with Crippen LogP contribution in [0, 0.1) is 0 Å². The maximum Gasteiger partial charge on any atom is 0.249 e. The number of carbonyl (C=O) groups is 2. The van der Waals surface area contributed by atoms with Crippen LogP contribution in [-0.2, 0) is 9.59 Å². The largest absolute Gasteiger partial charge is 0.342 e. The van der Waals surface area contributed by atoms with Gasteiger partial charge in [0.2, 0.25) is 17.6 Å². The van der Waals surface area contributed by atoms with E-state index < -0.39 is 6.04 Å². The monoisotopic (exact) mass is 392 g/mol. The number of hydrogen-bond acceptors (Lipinski definition) is 5. The van der Waals surface area contributed by atoms with Gasteiger partial charge in [0.15, 0.2) is 6.04 Å². The number of tetrazole rings is 1. The molecule has 2 aromatic rings. The van der Waals surface area contributed by atoms with Crippen molar-refractivity contribution < 1.29 is 9.59 Å². The van der Waals surface area contributed by atoms with Gasteiger partial charge >= 0.3 is 0 Å². The van der Waals surface area contributed by atoms with Gasteiger partial charge in [0.25, 0.3) is 0 Å². The van der Waals surface area contributed by atoms with Gasteiger partial charge in [-0.2, -0.15) is 4.80 Å². The lowest BCUT2D eigenvalue weighted by molar-refractivity contribution is -0.141. The van der Waals surface area contributed by atoms with Gasteiger partial charge in [-0.3, -0.25) is 9.59 Å². The minimum Gasteiger partial charge on any atom is -0.342 e. The van der Waals surface area contributed by atoms with Gasteiger partial charge in [-0.05, 0) is 49.7 Å². The number of nitrogens with zero attached hydrogens (tertiary/aromatic N) is 6. The molecule has 0 radical (unpaired) electrons. The van der Waals surface area contributed by atoms with Crippen molar-refractivity contribution in [1.29, 1.82) is 0 Å². The lowest BCUT2D eigenvalue weighted by Crippen LogP contribution is -2.43. The van der Waals surface area contributed by atoms with Crippen LogP contribution in [0.3, 0.4) is 0 Å². The Balaban J connectivity index is 2.12. The quantitative estimate of drug-likeness (QED) is 0.688. The first-order chi connectivity index (χ1) is 12.9. The third-order valence-corrected chi connectivity index (χ3v) is 4.60. The summed E-state index contributed by atoms with van der Waals surface area (Å²) in [6, 6.07) is 6.45. The van der Waals surface area contributed by atoms with Crippen molar-refractivity contribution in [3.05, 3.63) is 29.3 Å². The molecule has 1 heterocycles. The van der Waals surface area contributed by atoms with E-state index in [1.54, 1.807) is 36.2 Å². The van der Waals surface area contributed by atoms with E-state index in [-0.39, 0.29) is 18.4 Å². The average Bonchev–Trinajstić information content (AvgIpc) is 3.13. The highest BCUT2D eigenvalue weighted by molar-refractivity contribution is 6.30. The van der Waals surface area contributed by atoms with Gasteiger partial charge in [-0.25, -0.2) is 0 Å². The Bertz CT molecular complexity index is 772. The molecule has 27 heavy (non-hydrogen) atoms. The standard InChI is InChI=1S/C18H25ClN6O2/c1-5-15(18(27)23(4)12-16(26)24(6-2)7-3)25-21-17(20-22-25)13-8-10-14(19)11-9-13/h8-11,15H,5-7,12H2,1-4H3. The van der Waals surface area contributed by atoms with E-state index in [1.165, 1.54) is 9.70 Å². The highest BCUT2D eigenvalue weighted by Crippen LogP contribution is 2.19. The maximum atomic E-state index is 12.8. The molecule has 0 aliphatic carbocycles. The zero-order valence-corrected chi connectivity index (χ0v) is 16.8. The summed E-state index contributed by atoms with van der Waals surface area (Å²) in [6.45, 7) is 6.95. The predicted octanol–water partition coefficient (Wildman–Crippen LogP) is 2.27. The molecular formula is C18H25ClN6O2. The van der Waals surface area contributed by atoms with Crippen molar-refractivity contribution in [3.8, 4) is 11.4 Å². The molecule has 0 aliphatic rings. The first-order valence-electron chi connectivity index (χ1n) is 8.99. The van der Waals surface area contributed by atoms with Crippen LogP contribution in [0.5, 0.6) is 0 Å². The summed E-state index contributed by atoms with van der Waals surface area (Å²) in [7, 11) is 1.61. The lowest BCUT2D eigenvalue weighted by Gasteiger charge is -2.25. The number of amides is 2. The maximum absolute atomic E-state index is 12.8. The summed E-state index contributed by atoms with van der Waals surface area (Å²) in [6.07, 6.45) is 0.485. The number of carbonyl (C=O) groups excluding carboxylic acids is 2. The minimum absolute atomic E-state index is 0.0236. The second-order valence-electron chi connectivity index (χ2n) is 6.12. The number of likely N-dealkylation sites (N-methyl/N-ethyl adjacent to an activating group) is 2. The number of benzene rings is 1. The predicted molar refractivity (Wildman–Crippen MR) is 103 cm³/mol. The van der Waals surface area contributed by atoms with Crippen LogP contribution < -0.4 is 0 Å². The smallest absolute Gasteiger partial charge is 0.249 e. The fraction of sp³-hybridized carbons (Fsp3) is 0.500. The van der Waals surface area contributed by atoms with Crippen molar-refractivity contribution in [2.45, 2.75) is 33.2 Å². The Labute approximate surface area is 164 Å². The number of halogens is 1. The summed E-state index contributed by atoms with van der Waals surface area (Å²) in [5.74, 6) is 0.108. The van der Waals surface area contributed by atoms with Crippen molar-refractivity contribution in [1.82, 2.24) is 30.0 Å². The van der Waals surface area contributed by atoms with Crippen molar-refractivity contribution in [3.63, 3.8) is 0 Å². The molecule has 0 spiro atoms. The molecule has 0 N–H and O–H groups in total. The van der Waals surface area contributed by atoms with Gasteiger partial charge < -0.3 is 9.80 Å². The highest BCUT2D eigenvalue weighted by atomic mass is 35.5. The summed E-state index contributed by atoms with van der Waals surface area (Å²) in [5, 5.41) is 13.0. The number of rotatable bonds is 8. The van der Waals surface area contributed by atoms with Crippen LogP contribution in [0.1, 0.15) is 33.2 Å². The first kappa shape index (κ1) is 20.8. The fourth-order valence-electron chi connectivity index (χ4n) is 2.72. The van der Waals surface area contributed by atoms with Crippen LogP contribution in [-0.4, -0.2) is 68.5 Å². The lowest BCUT2D eigenvalue weighted by atomic mass is 10.2. The van der Waals surface area contributed by atoms with Crippen molar-refractivity contribution in [2.24, 2.45) is 0 Å². The minimum atomic E-state index is -0.618. The fourth-order valence-corrected chi connectivity index (χ4v) is 2.85. The molecular weight excluding hydrogens is 368 g/mol. The third kappa shape index (κ3) is 5.03. The summed E-state index contributed by atoms with van der Waals surface area (Å²) in [4.78, 5) is 29.5. The normalized spacial score (nSPS) is 11.9. The van der Waals surface area contributed by atoms with Gasteiger partial charge in [-0.1, -0.05) is 18.5 Å². The van der Waals surface area contributed by atoms with Gasteiger partial charge in [0.1, 0.15) is 0 Å². The van der Waals surface area contributed by atoms with Gasteiger partial charge in [0, 0.05) is 30.7 Å². The zero-order chi connectivity index (χ0) is 20.0. The molecule has 146 valence electrons. The summed E-state index contributed by atoms with van der Waals surface area (Å²) in [5.41, 5.74) is 0.762. The van der Waals surface area contributed by atoms with E-state index in [1.807, 2.05) is 20.8 Å². The molecule has 0 fully saturated rings. The molecule has 0 saturated carbocycles. The Morgan fingerprint density at radius 2 is 1.78 bits per heavy atom. The zero-order valence-electron chi connectivity index (χ0n) is 16.1. The van der Waals surface area contributed by atoms with Crippen LogP contribution in [0.4, 0.5) is 0 Å². The van der Waals surface area contributed by atoms with Crippen molar-refractivity contribution in [2.75, 3.05) is 26.7 Å². The topological polar surface area (TPSA) is 84.2 Å². The van der Waals surface area contributed by atoms with E-state index in [2.05, 4.69) is 15.4 Å². The molecule has 2 rings (SSSR count). The molecule has 9 heteroatoms. The molecule has 1 atom stereocenters. The van der Waals surface area contributed by atoms with Gasteiger partial charge in [0.05, 0.1) is 6.54 Å². The molecule has 0 saturated heterocycles. The third-order valence-electron chi connectivity index (χ3n) is 4.35. The Kier molecular flexibility index (Phi) is 7.29. The molecule has 1 aromatic carbocycles.